The molecule has 0 aromatic heterocycles. The number of amides is 1. The molecule has 1 aliphatic rings. The predicted molar refractivity (Wildman–Crippen MR) is 112 cm³/mol. The van der Waals surface area contributed by atoms with Crippen molar-refractivity contribution in [2.45, 2.75) is 4.90 Å². The summed E-state index contributed by atoms with van der Waals surface area (Å²) in [5.74, 6) is 1.25. The van der Waals surface area contributed by atoms with Crippen molar-refractivity contribution in [2.24, 2.45) is 0 Å². The average Bonchev–Trinajstić information content (AvgIpc) is 2.73. The molecule has 0 radical (unpaired) electrons. The summed E-state index contributed by atoms with van der Waals surface area (Å²) >= 11 is 1.44. The minimum absolute atomic E-state index is 0.00532. The SMILES string of the molecule is COc1ccccc1N1CC[NH+](CC(=O)Nc2ccccc2SCC#N)CC1. The van der Waals surface area contributed by atoms with Crippen LogP contribution >= 0.6 is 11.8 Å². The van der Waals surface area contributed by atoms with Gasteiger partial charge in [-0.05, 0) is 24.3 Å². The number of hydrogen-bond donors (Lipinski definition) is 2. The molecule has 0 bridgehead atoms. The van der Waals surface area contributed by atoms with E-state index < -0.39 is 0 Å². The second-order valence-corrected chi connectivity index (χ2v) is 7.59. The largest absolute Gasteiger partial charge is 0.495 e. The lowest BCUT2D eigenvalue weighted by atomic mass is 10.2. The van der Waals surface area contributed by atoms with Crippen molar-refractivity contribution >= 4 is 29.0 Å². The Hall–Kier alpha value is -2.69. The molecule has 2 N–H and O–H groups in total. The number of rotatable bonds is 7. The number of carbonyl (C=O) groups is 1. The van der Waals surface area contributed by atoms with Gasteiger partial charge in [0.25, 0.3) is 5.91 Å². The molecule has 1 amide bonds. The summed E-state index contributed by atoms with van der Waals surface area (Å²) in [6.07, 6.45) is 0. The molecule has 6 nitrogen and oxygen atoms in total. The summed E-state index contributed by atoms with van der Waals surface area (Å²) in [7, 11) is 1.69. The van der Waals surface area contributed by atoms with Gasteiger partial charge in [-0.2, -0.15) is 5.26 Å². The average molecular weight is 398 g/mol. The number of anilines is 2. The summed E-state index contributed by atoms with van der Waals surface area (Å²) < 4.78 is 5.46. The van der Waals surface area contributed by atoms with Gasteiger partial charge in [-0.1, -0.05) is 24.3 Å². The Morgan fingerprint density at radius 1 is 1.21 bits per heavy atom. The van der Waals surface area contributed by atoms with Gasteiger partial charge in [-0.3, -0.25) is 4.79 Å². The molecule has 0 spiro atoms. The third-order valence-electron chi connectivity index (χ3n) is 4.76. The topological polar surface area (TPSA) is 69.8 Å². The summed E-state index contributed by atoms with van der Waals surface area (Å²) in [5.41, 5.74) is 1.89. The minimum atomic E-state index is 0.00532. The fourth-order valence-electron chi connectivity index (χ4n) is 3.36. The van der Waals surface area contributed by atoms with Gasteiger partial charge in [0.05, 0.1) is 56.5 Å². The molecular weight excluding hydrogens is 372 g/mol. The van der Waals surface area contributed by atoms with Crippen LogP contribution in [0.4, 0.5) is 11.4 Å². The molecule has 1 aliphatic heterocycles. The molecular formula is C21H25N4O2S+. The van der Waals surface area contributed by atoms with Crippen molar-refractivity contribution in [3.63, 3.8) is 0 Å². The van der Waals surface area contributed by atoms with Crippen molar-refractivity contribution in [2.75, 3.05) is 55.8 Å². The number of carbonyl (C=O) groups excluding carboxylic acids is 1. The second-order valence-electron chi connectivity index (χ2n) is 6.58. The van der Waals surface area contributed by atoms with Crippen LogP contribution < -0.4 is 19.9 Å². The molecule has 2 aromatic rings. The number of methoxy groups -OCH3 is 1. The lowest BCUT2D eigenvalue weighted by Gasteiger charge is -2.34. The first-order chi connectivity index (χ1) is 13.7. The Balaban J connectivity index is 1.52. The molecule has 28 heavy (non-hydrogen) atoms. The van der Waals surface area contributed by atoms with Crippen LogP contribution in [0.2, 0.25) is 0 Å². The maximum absolute atomic E-state index is 12.5. The minimum Gasteiger partial charge on any atom is -0.495 e. The van der Waals surface area contributed by atoms with Crippen LogP contribution in [-0.4, -0.2) is 51.5 Å². The van der Waals surface area contributed by atoms with E-state index in [1.165, 1.54) is 16.7 Å². The van der Waals surface area contributed by atoms with Crippen LogP contribution in [0, 0.1) is 11.3 Å². The highest BCUT2D eigenvalue weighted by Gasteiger charge is 2.24. The molecule has 146 valence electrons. The second kappa shape index (κ2) is 10.0. The molecule has 0 unspecified atom stereocenters. The van der Waals surface area contributed by atoms with Crippen LogP contribution in [-0.2, 0) is 4.79 Å². The van der Waals surface area contributed by atoms with E-state index in [1.807, 2.05) is 42.5 Å². The highest BCUT2D eigenvalue weighted by molar-refractivity contribution is 7.99. The van der Waals surface area contributed by atoms with Crippen molar-refractivity contribution < 1.29 is 14.4 Å². The third kappa shape index (κ3) is 5.18. The first kappa shape index (κ1) is 20.1. The number of nitrogens with one attached hydrogen (secondary N) is 2. The zero-order chi connectivity index (χ0) is 19.8. The van der Waals surface area contributed by atoms with Crippen LogP contribution in [0.15, 0.2) is 53.4 Å². The fraction of sp³-hybridized carbons (Fsp3) is 0.333. The van der Waals surface area contributed by atoms with E-state index in [0.29, 0.717) is 12.3 Å². The Morgan fingerprint density at radius 2 is 1.93 bits per heavy atom. The lowest BCUT2D eigenvalue weighted by molar-refractivity contribution is -0.892. The number of quaternary nitrogens is 1. The van der Waals surface area contributed by atoms with Crippen molar-refractivity contribution in [3.8, 4) is 11.8 Å². The van der Waals surface area contributed by atoms with E-state index >= 15 is 0 Å². The summed E-state index contributed by atoms with van der Waals surface area (Å²) in [5, 5.41) is 11.8. The highest BCUT2D eigenvalue weighted by atomic mass is 32.2. The third-order valence-corrected chi connectivity index (χ3v) is 5.70. The van der Waals surface area contributed by atoms with Gasteiger partial charge in [-0.25, -0.2) is 0 Å². The van der Waals surface area contributed by atoms with E-state index in [4.69, 9.17) is 10.00 Å². The van der Waals surface area contributed by atoms with Gasteiger partial charge in [0.15, 0.2) is 6.54 Å². The molecule has 3 rings (SSSR count). The van der Waals surface area contributed by atoms with E-state index in [0.717, 1.165) is 48.2 Å². The van der Waals surface area contributed by atoms with Gasteiger partial charge in [0.1, 0.15) is 5.75 Å². The zero-order valence-corrected chi connectivity index (χ0v) is 16.8. The lowest BCUT2D eigenvalue weighted by Crippen LogP contribution is -3.15. The normalized spacial score (nSPS) is 14.4. The van der Waals surface area contributed by atoms with Crippen LogP contribution in [0.1, 0.15) is 0 Å². The molecule has 1 heterocycles. The molecule has 2 aromatic carbocycles. The van der Waals surface area contributed by atoms with Gasteiger partial charge in [-0.15, -0.1) is 11.8 Å². The Bertz CT molecular complexity index is 844. The number of para-hydroxylation sites is 3. The van der Waals surface area contributed by atoms with Crippen molar-refractivity contribution in [1.82, 2.24) is 0 Å². The highest BCUT2D eigenvalue weighted by Crippen LogP contribution is 2.27. The molecule has 0 saturated carbocycles. The van der Waals surface area contributed by atoms with Crippen molar-refractivity contribution in [1.29, 1.82) is 5.26 Å². The molecule has 1 saturated heterocycles. The van der Waals surface area contributed by atoms with Crippen LogP contribution in [0.25, 0.3) is 0 Å². The summed E-state index contributed by atoms with van der Waals surface area (Å²) in [6.45, 7) is 4.01. The first-order valence-electron chi connectivity index (χ1n) is 9.31. The maximum Gasteiger partial charge on any atom is 0.279 e. The quantitative estimate of drug-likeness (QED) is 0.696. The van der Waals surface area contributed by atoms with Crippen LogP contribution in [0.5, 0.6) is 5.75 Å². The van der Waals surface area contributed by atoms with Gasteiger partial charge in [0.2, 0.25) is 0 Å². The summed E-state index contributed by atoms with van der Waals surface area (Å²) in [6, 6.07) is 17.8. The van der Waals surface area contributed by atoms with E-state index in [2.05, 4.69) is 22.4 Å². The molecule has 1 fully saturated rings. The van der Waals surface area contributed by atoms with E-state index in [1.54, 1.807) is 7.11 Å². The summed E-state index contributed by atoms with van der Waals surface area (Å²) in [4.78, 5) is 17.0. The maximum atomic E-state index is 12.5. The smallest absolute Gasteiger partial charge is 0.279 e. The monoisotopic (exact) mass is 397 g/mol. The van der Waals surface area contributed by atoms with Gasteiger partial charge >= 0.3 is 0 Å². The number of piperazine rings is 1. The van der Waals surface area contributed by atoms with Gasteiger partial charge < -0.3 is 19.9 Å². The number of nitriles is 1. The number of hydrogen-bond acceptors (Lipinski definition) is 5. The zero-order valence-electron chi connectivity index (χ0n) is 16.0. The standard InChI is InChI=1S/C21H24N4O2S/c1-27-19-8-4-3-7-18(19)25-13-11-24(12-14-25)16-21(26)23-17-6-2-5-9-20(17)28-15-10-22/h2-9H,11-16H2,1H3,(H,23,26)/p+1. The number of ether oxygens (including phenoxy) is 1. The predicted octanol–water partition coefficient (Wildman–Crippen LogP) is 1.65. The van der Waals surface area contributed by atoms with E-state index in [9.17, 15) is 4.79 Å². The van der Waals surface area contributed by atoms with Crippen LogP contribution in [0.3, 0.4) is 0 Å². The fourth-order valence-corrected chi connectivity index (χ4v) is 4.03. The Morgan fingerprint density at radius 3 is 2.68 bits per heavy atom. The number of nitrogens with zero attached hydrogens (tertiary/aromatic N) is 2. The molecule has 0 atom stereocenters. The van der Waals surface area contributed by atoms with E-state index in [-0.39, 0.29) is 5.91 Å². The number of thioether (sulfide) groups is 1. The molecule has 7 heteroatoms. The molecule has 0 aliphatic carbocycles. The number of benzene rings is 2. The first-order valence-corrected chi connectivity index (χ1v) is 10.3. The Kier molecular flexibility index (Phi) is 7.18. The van der Waals surface area contributed by atoms with Crippen molar-refractivity contribution in [3.05, 3.63) is 48.5 Å². The Labute approximate surface area is 170 Å². The van der Waals surface area contributed by atoms with Gasteiger partial charge in [0, 0.05) is 4.90 Å².